The second kappa shape index (κ2) is 14.8. The highest BCUT2D eigenvalue weighted by molar-refractivity contribution is 5.90. The maximum absolute atomic E-state index is 15.2. The van der Waals surface area contributed by atoms with E-state index in [1.54, 1.807) is 18.2 Å². The van der Waals surface area contributed by atoms with Crippen molar-refractivity contribution >= 4 is 5.97 Å². The molecule has 0 amide bonds. The number of esters is 1. The Bertz CT molecular complexity index is 981. The lowest BCUT2D eigenvalue weighted by Gasteiger charge is -2.29. The molecule has 2 saturated carbocycles. The highest BCUT2D eigenvalue weighted by Crippen LogP contribution is 2.39. The van der Waals surface area contributed by atoms with E-state index in [2.05, 4.69) is 19.9 Å². The zero-order valence-corrected chi connectivity index (χ0v) is 23.9. The highest BCUT2D eigenvalue weighted by atomic mass is 19.1. The van der Waals surface area contributed by atoms with Crippen molar-refractivity contribution in [2.75, 3.05) is 0 Å². The number of carbonyl (C=O) groups is 1. The van der Waals surface area contributed by atoms with Crippen LogP contribution in [-0.2, 0) is 4.74 Å². The van der Waals surface area contributed by atoms with Gasteiger partial charge in [-0.3, -0.25) is 0 Å². The number of halogens is 1. The molecule has 0 unspecified atom stereocenters. The van der Waals surface area contributed by atoms with Gasteiger partial charge in [-0.1, -0.05) is 89.5 Å². The van der Waals surface area contributed by atoms with Crippen molar-refractivity contribution in [2.24, 2.45) is 11.8 Å². The molecular formula is C35H49FO2. The summed E-state index contributed by atoms with van der Waals surface area (Å²) in [5.74, 6) is 1.70. The molecule has 3 heteroatoms. The number of unbranched alkanes of at least 4 members (excludes halogenated alkanes) is 4. The molecule has 2 aliphatic carbocycles. The average molecular weight is 521 g/mol. The first-order valence-electron chi connectivity index (χ1n) is 15.7. The molecule has 4 rings (SSSR count). The summed E-state index contributed by atoms with van der Waals surface area (Å²) in [4.78, 5) is 12.7. The smallest absolute Gasteiger partial charge is 0.338 e. The molecule has 0 heterocycles. The first kappa shape index (κ1) is 28.8. The molecule has 208 valence electrons. The normalized spacial score (nSPS) is 23.8. The van der Waals surface area contributed by atoms with Crippen LogP contribution in [0.5, 0.6) is 0 Å². The fourth-order valence-electron chi connectivity index (χ4n) is 6.71. The van der Waals surface area contributed by atoms with Gasteiger partial charge in [-0.2, -0.15) is 0 Å². The molecule has 2 aromatic carbocycles. The molecule has 0 atom stereocenters. The van der Waals surface area contributed by atoms with Gasteiger partial charge in [-0.15, -0.1) is 0 Å². The van der Waals surface area contributed by atoms with Crippen LogP contribution in [0.3, 0.4) is 0 Å². The van der Waals surface area contributed by atoms with Gasteiger partial charge < -0.3 is 4.74 Å². The molecule has 0 radical (unpaired) electrons. The fourth-order valence-corrected chi connectivity index (χ4v) is 6.71. The Kier molecular flexibility index (Phi) is 11.3. The number of hydrogen-bond acceptors (Lipinski definition) is 2. The van der Waals surface area contributed by atoms with E-state index in [4.69, 9.17) is 4.74 Å². The predicted molar refractivity (Wildman–Crippen MR) is 156 cm³/mol. The molecule has 0 aromatic heterocycles. The first-order chi connectivity index (χ1) is 18.6. The molecule has 2 aromatic rings. The van der Waals surface area contributed by atoms with E-state index in [1.165, 1.54) is 77.0 Å². The van der Waals surface area contributed by atoms with Gasteiger partial charge in [0.1, 0.15) is 11.9 Å². The number of carbonyl (C=O) groups excluding carboxylic acids is 1. The van der Waals surface area contributed by atoms with Crippen LogP contribution in [0, 0.1) is 17.7 Å². The summed E-state index contributed by atoms with van der Waals surface area (Å²) in [7, 11) is 0. The van der Waals surface area contributed by atoms with Crippen molar-refractivity contribution in [3.63, 3.8) is 0 Å². The molecular weight excluding hydrogens is 471 g/mol. The van der Waals surface area contributed by atoms with Gasteiger partial charge in [-0.05, 0) is 98.4 Å². The Labute approximate surface area is 230 Å². The summed E-state index contributed by atoms with van der Waals surface area (Å²) in [6.07, 6.45) is 19.8. The van der Waals surface area contributed by atoms with Gasteiger partial charge >= 0.3 is 5.97 Å². The molecule has 38 heavy (non-hydrogen) atoms. The second-order valence-electron chi connectivity index (χ2n) is 12.1. The van der Waals surface area contributed by atoms with Crippen LogP contribution in [0.2, 0.25) is 0 Å². The number of rotatable bonds is 12. The SMILES string of the molecule is CCCCC[C@H]1CC[C@H](OC(=O)c2ccc(-c3ccc([C@H]4CC[C@H](CCCCC)CC4)cc3F)cc2)CC1. The summed E-state index contributed by atoms with van der Waals surface area (Å²) in [6, 6.07) is 13.0. The topological polar surface area (TPSA) is 26.3 Å². The van der Waals surface area contributed by atoms with Gasteiger partial charge in [0.2, 0.25) is 0 Å². The summed E-state index contributed by atoms with van der Waals surface area (Å²) in [5.41, 5.74) is 3.09. The number of ether oxygens (including phenoxy) is 1. The van der Waals surface area contributed by atoms with Crippen molar-refractivity contribution in [3.8, 4) is 11.1 Å². The van der Waals surface area contributed by atoms with Crippen molar-refractivity contribution in [1.29, 1.82) is 0 Å². The lowest BCUT2D eigenvalue weighted by molar-refractivity contribution is 0.0161. The third-order valence-electron chi connectivity index (χ3n) is 9.24. The third-order valence-corrected chi connectivity index (χ3v) is 9.24. The van der Waals surface area contributed by atoms with E-state index < -0.39 is 0 Å². The maximum Gasteiger partial charge on any atom is 0.338 e. The van der Waals surface area contributed by atoms with Crippen LogP contribution in [0.4, 0.5) is 4.39 Å². The lowest BCUT2D eigenvalue weighted by Crippen LogP contribution is -2.24. The van der Waals surface area contributed by atoms with E-state index in [0.29, 0.717) is 17.0 Å². The van der Waals surface area contributed by atoms with E-state index in [0.717, 1.165) is 48.6 Å². The van der Waals surface area contributed by atoms with Crippen molar-refractivity contribution in [1.82, 2.24) is 0 Å². The van der Waals surface area contributed by atoms with E-state index >= 15 is 4.39 Å². The molecule has 0 spiro atoms. The minimum Gasteiger partial charge on any atom is -0.459 e. The molecule has 0 aliphatic heterocycles. The Hall–Kier alpha value is -2.16. The number of hydrogen-bond donors (Lipinski definition) is 0. The minimum absolute atomic E-state index is 0.0287. The average Bonchev–Trinajstić information content (AvgIpc) is 2.95. The molecule has 2 nitrogen and oxygen atoms in total. The summed E-state index contributed by atoms with van der Waals surface area (Å²) in [5, 5.41) is 0. The Morgan fingerprint density at radius 2 is 1.34 bits per heavy atom. The quantitative estimate of drug-likeness (QED) is 0.205. The van der Waals surface area contributed by atoms with Crippen molar-refractivity contribution < 1.29 is 13.9 Å². The Morgan fingerprint density at radius 3 is 1.89 bits per heavy atom. The molecule has 0 bridgehead atoms. The minimum atomic E-state index is -0.257. The van der Waals surface area contributed by atoms with Gasteiger partial charge in [0.05, 0.1) is 5.56 Å². The van der Waals surface area contributed by atoms with Gasteiger partial charge in [0.15, 0.2) is 0 Å². The zero-order chi connectivity index (χ0) is 26.7. The fraction of sp³-hybridized carbons (Fsp3) is 0.629. The van der Waals surface area contributed by atoms with Gasteiger partial charge in [0, 0.05) is 5.56 Å². The second-order valence-corrected chi connectivity index (χ2v) is 12.1. The van der Waals surface area contributed by atoms with E-state index in [-0.39, 0.29) is 17.9 Å². The van der Waals surface area contributed by atoms with Crippen LogP contribution >= 0.6 is 0 Å². The monoisotopic (exact) mass is 520 g/mol. The van der Waals surface area contributed by atoms with Crippen LogP contribution in [-0.4, -0.2) is 12.1 Å². The van der Waals surface area contributed by atoms with Crippen molar-refractivity contribution in [2.45, 2.75) is 129 Å². The number of benzene rings is 2. The van der Waals surface area contributed by atoms with Gasteiger partial charge in [-0.25, -0.2) is 9.18 Å². The van der Waals surface area contributed by atoms with Crippen LogP contribution in [0.15, 0.2) is 42.5 Å². The summed E-state index contributed by atoms with van der Waals surface area (Å²) < 4.78 is 21.0. The third kappa shape index (κ3) is 8.17. The van der Waals surface area contributed by atoms with Crippen LogP contribution < -0.4 is 0 Å². The summed E-state index contributed by atoms with van der Waals surface area (Å²) in [6.45, 7) is 4.51. The Balaban J connectivity index is 1.27. The zero-order valence-electron chi connectivity index (χ0n) is 23.9. The molecule has 2 fully saturated rings. The molecule has 2 aliphatic rings. The van der Waals surface area contributed by atoms with E-state index in [9.17, 15) is 4.79 Å². The predicted octanol–water partition coefficient (Wildman–Crippen LogP) is 10.6. The van der Waals surface area contributed by atoms with E-state index in [1.807, 2.05) is 18.2 Å². The first-order valence-corrected chi connectivity index (χ1v) is 15.7. The van der Waals surface area contributed by atoms with Crippen LogP contribution in [0.25, 0.3) is 11.1 Å². The van der Waals surface area contributed by atoms with Crippen LogP contribution in [0.1, 0.15) is 138 Å². The molecule has 0 N–H and O–H groups in total. The lowest BCUT2D eigenvalue weighted by atomic mass is 9.77. The van der Waals surface area contributed by atoms with Gasteiger partial charge in [0.25, 0.3) is 0 Å². The maximum atomic E-state index is 15.2. The summed E-state index contributed by atoms with van der Waals surface area (Å²) >= 11 is 0. The standard InChI is InChI=1S/C35H49FO2/c1-3-5-7-9-26-11-15-28(16-12-26)31-21-24-33(34(36)25-31)29-17-19-30(20-18-29)35(37)38-32-22-13-27(14-23-32)10-8-6-4-2/h17-21,24-28,32H,3-16,22-23H2,1-2H3/t26-,27-,28-,32-. The molecule has 0 saturated heterocycles. The largest absolute Gasteiger partial charge is 0.459 e. The van der Waals surface area contributed by atoms with Crippen molar-refractivity contribution in [3.05, 3.63) is 59.4 Å². The highest BCUT2D eigenvalue weighted by Gasteiger charge is 2.25. The Morgan fingerprint density at radius 1 is 0.763 bits per heavy atom.